The molecule has 0 bridgehead atoms. The summed E-state index contributed by atoms with van der Waals surface area (Å²) in [7, 11) is 0. The van der Waals surface area contributed by atoms with Gasteiger partial charge in [-0.1, -0.05) is 0 Å². The third-order valence-electron chi connectivity index (χ3n) is 1.65. The van der Waals surface area contributed by atoms with E-state index in [1.807, 2.05) is 0 Å². The largest absolute Gasteiger partial charge is 0.356 e. The second-order valence-corrected chi connectivity index (χ2v) is 2.22. The minimum absolute atomic E-state index is 1.49. The third-order valence-corrected chi connectivity index (χ3v) is 1.65. The van der Waals surface area contributed by atoms with E-state index in [4.69, 9.17) is 0 Å². The van der Waals surface area contributed by atoms with Crippen LogP contribution in [0.3, 0.4) is 0 Å². The van der Waals surface area contributed by atoms with E-state index >= 15 is 0 Å². The fraction of sp³-hybridized carbons (Fsp3) is 1.00. The van der Waals surface area contributed by atoms with E-state index in [1.165, 1.54) is 0 Å². The van der Waals surface area contributed by atoms with Gasteiger partial charge in [0, 0.05) is 0 Å². The molecule has 0 amide bonds. The highest BCUT2D eigenvalue weighted by Crippen LogP contribution is 2.63. The molecule has 2 atom stereocenters. The average molecular weight is 142 g/mol. The molecule has 1 aliphatic heterocycles. The molecule has 1 nitrogen and oxygen atoms in total. The molecule has 2 aliphatic rings. The maximum atomic E-state index is 11.9. The van der Waals surface area contributed by atoms with Crippen LogP contribution in [0.15, 0.2) is 0 Å². The second-order valence-electron chi connectivity index (χ2n) is 2.22. The molecule has 2 fully saturated rings. The summed E-state index contributed by atoms with van der Waals surface area (Å²) in [6.45, 7) is 0. The lowest BCUT2D eigenvalue weighted by Crippen LogP contribution is -2.59. The molecule has 0 spiro atoms. The molecule has 1 saturated carbocycles. The Morgan fingerprint density at radius 1 is 0.889 bits per heavy atom. The van der Waals surface area contributed by atoms with Crippen LogP contribution < -0.4 is 0 Å². The number of rotatable bonds is 0. The van der Waals surface area contributed by atoms with Gasteiger partial charge in [0.2, 0.25) is 0 Å². The van der Waals surface area contributed by atoms with E-state index in [1.54, 1.807) is 0 Å². The van der Waals surface area contributed by atoms with E-state index in [0.29, 0.717) is 0 Å². The van der Waals surface area contributed by atoms with Crippen LogP contribution in [0.2, 0.25) is 0 Å². The van der Waals surface area contributed by atoms with E-state index in [2.05, 4.69) is 4.74 Å². The van der Waals surface area contributed by atoms with Crippen molar-refractivity contribution in [3.8, 4) is 0 Å². The molecule has 0 radical (unpaired) electrons. The number of hydrogen-bond donors (Lipinski definition) is 0. The van der Waals surface area contributed by atoms with Gasteiger partial charge in [-0.05, 0) is 0 Å². The van der Waals surface area contributed by atoms with Crippen LogP contribution in [0.1, 0.15) is 0 Å². The zero-order chi connectivity index (χ0) is 6.86. The van der Waals surface area contributed by atoms with Gasteiger partial charge in [-0.2, -0.15) is 17.6 Å². The molecule has 1 aliphatic carbocycles. The summed E-state index contributed by atoms with van der Waals surface area (Å²) < 4.78 is 51.5. The highest BCUT2D eigenvalue weighted by molar-refractivity contribution is 5.22. The smallest absolute Gasteiger partial charge is 0.341 e. The first-order valence-corrected chi connectivity index (χ1v) is 2.39. The zero-order valence-corrected chi connectivity index (χ0v) is 4.07. The monoisotopic (exact) mass is 142 g/mol. The lowest BCUT2D eigenvalue weighted by Gasteiger charge is -2.30. The molecule has 0 aromatic rings. The second kappa shape index (κ2) is 0.982. The highest BCUT2D eigenvalue weighted by atomic mass is 19.3. The lowest BCUT2D eigenvalue weighted by atomic mass is 9.90. The number of hydrogen-bond acceptors (Lipinski definition) is 1. The van der Waals surface area contributed by atoms with Crippen molar-refractivity contribution in [2.45, 2.75) is 24.1 Å². The SMILES string of the molecule is FC1(F)C2OC2C1(F)F. The Balaban J connectivity index is 2.29. The van der Waals surface area contributed by atoms with Gasteiger partial charge in [0.05, 0.1) is 0 Å². The van der Waals surface area contributed by atoms with Crippen LogP contribution in [-0.2, 0) is 4.74 Å². The molecule has 1 saturated heterocycles. The van der Waals surface area contributed by atoms with Crippen molar-refractivity contribution in [1.29, 1.82) is 0 Å². The molecular weight excluding hydrogens is 140 g/mol. The van der Waals surface area contributed by atoms with Gasteiger partial charge >= 0.3 is 11.8 Å². The van der Waals surface area contributed by atoms with Crippen LogP contribution in [0, 0.1) is 0 Å². The van der Waals surface area contributed by atoms with Crippen LogP contribution in [0.5, 0.6) is 0 Å². The Labute approximate surface area is 47.6 Å². The zero-order valence-electron chi connectivity index (χ0n) is 4.07. The fourth-order valence-corrected chi connectivity index (χ4v) is 0.947. The van der Waals surface area contributed by atoms with Gasteiger partial charge in [0.15, 0.2) is 12.2 Å². The van der Waals surface area contributed by atoms with E-state index in [9.17, 15) is 17.6 Å². The van der Waals surface area contributed by atoms with Crippen molar-refractivity contribution in [1.82, 2.24) is 0 Å². The maximum Gasteiger partial charge on any atom is 0.341 e. The van der Waals surface area contributed by atoms with Gasteiger partial charge in [0.1, 0.15) is 0 Å². The predicted octanol–water partition coefficient (Wildman–Crippen LogP) is 1.04. The molecule has 0 aromatic carbocycles. The molecule has 52 valence electrons. The molecule has 5 heteroatoms. The normalized spacial score (nSPS) is 49.3. The van der Waals surface area contributed by atoms with Crippen molar-refractivity contribution in [3.63, 3.8) is 0 Å². The Hall–Kier alpha value is -0.320. The number of epoxide rings is 1. The Morgan fingerprint density at radius 3 is 1.33 bits per heavy atom. The molecule has 1 heterocycles. The number of halogens is 4. The van der Waals surface area contributed by atoms with Gasteiger partial charge < -0.3 is 4.74 Å². The van der Waals surface area contributed by atoms with E-state index in [-0.39, 0.29) is 0 Å². The van der Waals surface area contributed by atoms with Crippen LogP contribution in [0.4, 0.5) is 17.6 Å². The first-order valence-electron chi connectivity index (χ1n) is 2.39. The highest BCUT2D eigenvalue weighted by Gasteiger charge is 2.89. The molecule has 9 heavy (non-hydrogen) atoms. The number of fused-ring (bicyclic) bond motifs is 1. The van der Waals surface area contributed by atoms with E-state index in [0.717, 1.165) is 0 Å². The molecule has 2 rings (SSSR count). The summed E-state index contributed by atoms with van der Waals surface area (Å²) in [5, 5.41) is 0. The summed E-state index contributed by atoms with van der Waals surface area (Å²) in [5.41, 5.74) is 0. The Kier molecular flexibility index (Phi) is 0.596. The van der Waals surface area contributed by atoms with Crippen LogP contribution in [0.25, 0.3) is 0 Å². The quantitative estimate of drug-likeness (QED) is 0.363. The fourth-order valence-electron chi connectivity index (χ4n) is 0.947. The standard InChI is InChI=1S/C4H2F4O/c5-3(6)1-2(9-1)4(3,7)8/h1-2H. The first-order chi connectivity index (χ1) is 3.98. The first kappa shape index (κ1) is 5.46. The third kappa shape index (κ3) is 0.348. The summed E-state index contributed by atoms with van der Waals surface area (Å²) in [4.78, 5) is 0. The van der Waals surface area contributed by atoms with Crippen LogP contribution in [-0.4, -0.2) is 24.1 Å². The molecule has 0 aromatic heterocycles. The summed E-state index contributed by atoms with van der Waals surface area (Å²) in [5.74, 6) is -7.81. The average Bonchev–Trinajstić information content (AvgIpc) is 2.38. The van der Waals surface area contributed by atoms with Gasteiger partial charge in [0.25, 0.3) is 0 Å². The van der Waals surface area contributed by atoms with Crippen molar-refractivity contribution in [2.24, 2.45) is 0 Å². The van der Waals surface area contributed by atoms with Crippen molar-refractivity contribution >= 4 is 0 Å². The lowest BCUT2D eigenvalue weighted by molar-refractivity contribution is -0.247. The molecule has 0 N–H and O–H groups in total. The van der Waals surface area contributed by atoms with Crippen molar-refractivity contribution in [3.05, 3.63) is 0 Å². The van der Waals surface area contributed by atoms with Gasteiger partial charge in [-0.25, -0.2) is 0 Å². The topological polar surface area (TPSA) is 12.5 Å². The summed E-state index contributed by atoms with van der Waals surface area (Å²) >= 11 is 0. The van der Waals surface area contributed by atoms with E-state index < -0.39 is 24.1 Å². The number of alkyl halides is 4. The Bertz CT molecular complexity index is 148. The number of ether oxygens (including phenoxy) is 1. The van der Waals surface area contributed by atoms with Gasteiger partial charge in [-0.15, -0.1) is 0 Å². The predicted molar refractivity (Wildman–Crippen MR) is 18.6 cm³/mol. The van der Waals surface area contributed by atoms with Crippen molar-refractivity contribution < 1.29 is 22.3 Å². The Morgan fingerprint density at radius 2 is 1.22 bits per heavy atom. The molecule has 2 unspecified atom stereocenters. The van der Waals surface area contributed by atoms with Crippen LogP contribution >= 0.6 is 0 Å². The minimum atomic E-state index is -3.91. The maximum absolute atomic E-state index is 11.9. The van der Waals surface area contributed by atoms with Gasteiger partial charge in [-0.3, -0.25) is 0 Å². The van der Waals surface area contributed by atoms with Crippen molar-refractivity contribution in [2.75, 3.05) is 0 Å². The molecular formula is C4H2F4O. The minimum Gasteiger partial charge on any atom is -0.356 e. The summed E-state index contributed by atoms with van der Waals surface area (Å²) in [6, 6.07) is 0. The summed E-state index contributed by atoms with van der Waals surface area (Å²) in [6.07, 6.45) is -2.99.